The Hall–Kier alpha value is -1.82. The smallest absolute Gasteiger partial charge is 0.352 e. The first-order chi connectivity index (χ1) is 9.13. The van der Waals surface area contributed by atoms with Crippen LogP contribution in [0.25, 0.3) is 0 Å². The molecule has 2 unspecified atom stereocenters. The first-order valence-electron chi connectivity index (χ1n) is 6.45. The fraction of sp³-hybridized carbons (Fsp3) is 0.538. The molecule has 1 aromatic rings. The topological polar surface area (TPSA) is 71.8 Å². The van der Waals surface area contributed by atoms with Crippen molar-refractivity contribution >= 4 is 11.9 Å². The summed E-state index contributed by atoms with van der Waals surface area (Å²) in [5.74, 6) is -1.06. The number of hydrogen-bond acceptors (Lipinski definition) is 3. The number of likely N-dealkylation sites (tertiary alicyclic amines) is 1. The lowest BCUT2D eigenvalue weighted by molar-refractivity contribution is -0.140. The van der Waals surface area contributed by atoms with Crippen LogP contribution in [0, 0.1) is 0 Å². The molecule has 1 amide bonds. The second kappa shape index (κ2) is 4.70. The van der Waals surface area contributed by atoms with Gasteiger partial charge in [-0.15, -0.1) is 0 Å². The molecule has 102 valence electrons. The standard InChI is InChI=1S/C13H16N2O4/c16-12(8-14-5-1-2-11(14)13(17)18)15-6-9-3-4-10(7-15)19-9/h1-2,5,9-10H,3-4,6-8H2,(H,17,18). The van der Waals surface area contributed by atoms with Gasteiger partial charge in [-0.2, -0.15) is 0 Å². The Bertz CT molecular complexity index is 498. The molecule has 0 spiro atoms. The number of carbonyl (C=O) groups is 2. The third-order valence-corrected chi connectivity index (χ3v) is 3.75. The molecule has 0 aromatic carbocycles. The first kappa shape index (κ1) is 12.2. The molecular weight excluding hydrogens is 248 g/mol. The van der Waals surface area contributed by atoms with Gasteiger partial charge in [-0.3, -0.25) is 4.79 Å². The van der Waals surface area contributed by atoms with Crippen molar-refractivity contribution < 1.29 is 19.4 Å². The predicted molar refractivity (Wildman–Crippen MR) is 65.9 cm³/mol. The SMILES string of the molecule is O=C(O)c1cccn1CC(=O)N1CC2CCC(C1)O2. The average molecular weight is 264 g/mol. The van der Waals surface area contributed by atoms with E-state index in [-0.39, 0.29) is 30.4 Å². The van der Waals surface area contributed by atoms with Gasteiger partial charge in [0, 0.05) is 19.3 Å². The van der Waals surface area contributed by atoms with E-state index in [0.29, 0.717) is 13.1 Å². The van der Waals surface area contributed by atoms with Crippen LogP contribution in [0.2, 0.25) is 0 Å². The number of nitrogens with zero attached hydrogens (tertiary/aromatic N) is 2. The summed E-state index contributed by atoms with van der Waals surface area (Å²) in [6.07, 6.45) is 3.96. The van der Waals surface area contributed by atoms with Crippen molar-refractivity contribution in [1.29, 1.82) is 0 Å². The van der Waals surface area contributed by atoms with E-state index in [2.05, 4.69) is 0 Å². The summed E-state index contributed by atoms with van der Waals surface area (Å²) in [7, 11) is 0. The number of morpholine rings is 1. The van der Waals surface area contributed by atoms with Crippen LogP contribution in [-0.2, 0) is 16.1 Å². The van der Waals surface area contributed by atoms with Gasteiger partial charge in [0.15, 0.2) is 0 Å². The summed E-state index contributed by atoms with van der Waals surface area (Å²) < 4.78 is 7.15. The number of aromatic nitrogens is 1. The van der Waals surface area contributed by atoms with Gasteiger partial charge in [-0.25, -0.2) is 4.79 Å². The maximum absolute atomic E-state index is 12.2. The molecule has 1 N–H and O–H groups in total. The van der Waals surface area contributed by atoms with Crippen LogP contribution in [-0.4, -0.2) is 51.7 Å². The molecule has 0 aliphatic carbocycles. The van der Waals surface area contributed by atoms with E-state index in [9.17, 15) is 9.59 Å². The zero-order valence-corrected chi connectivity index (χ0v) is 10.5. The Morgan fingerprint density at radius 1 is 1.32 bits per heavy atom. The van der Waals surface area contributed by atoms with Crippen molar-refractivity contribution in [3.63, 3.8) is 0 Å². The molecule has 3 heterocycles. The van der Waals surface area contributed by atoms with Crippen LogP contribution in [0.4, 0.5) is 0 Å². The molecule has 2 atom stereocenters. The number of aromatic carboxylic acids is 1. The Balaban J connectivity index is 1.68. The van der Waals surface area contributed by atoms with Crippen molar-refractivity contribution in [2.45, 2.75) is 31.6 Å². The lowest BCUT2D eigenvalue weighted by atomic mass is 10.2. The maximum atomic E-state index is 12.2. The van der Waals surface area contributed by atoms with Crippen molar-refractivity contribution in [2.75, 3.05) is 13.1 Å². The first-order valence-corrected chi connectivity index (χ1v) is 6.45. The van der Waals surface area contributed by atoms with Crippen molar-refractivity contribution in [1.82, 2.24) is 9.47 Å². The molecule has 6 heteroatoms. The molecular formula is C13H16N2O4. The molecule has 2 aliphatic rings. The number of hydrogen-bond donors (Lipinski definition) is 1. The lowest BCUT2D eigenvalue weighted by Gasteiger charge is -2.32. The molecule has 1 aromatic heterocycles. The van der Waals surface area contributed by atoms with Crippen LogP contribution in [0.3, 0.4) is 0 Å². The summed E-state index contributed by atoms with van der Waals surface area (Å²) >= 11 is 0. The van der Waals surface area contributed by atoms with Gasteiger partial charge < -0.3 is 19.3 Å². The van der Waals surface area contributed by atoms with E-state index in [1.165, 1.54) is 10.6 Å². The fourth-order valence-corrected chi connectivity index (χ4v) is 2.81. The summed E-state index contributed by atoms with van der Waals surface area (Å²) in [5, 5.41) is 9.01. The highest BCUT2D eigenvalue weighted by Crippen LogP contribution is 2.26. The Labute approximate surface area is 110 Å². The lowest BCUT2D eigenvalue weighted by Crippen LogP contribution is -2.47. The zero-order chi connectivity index (χ0) is 13.4. The fourth-order valence-electron chi connectivity index (χ4n) is 2.81. The minimum Gasteiger partial charge on any atom is -0.477 e. The Morgan fingerprint density at radius 3 is 2.63 bits per heavy atom. The second-order valence-electron chi connectivity index (χ2n) is 5.08. The van der Waals surface area contributed by atoms with Gasteiger partial charge in [-0.05, 0) is 25.0 Å². The van der Waals surface area contributed by atoms with Crippen LogP contribution < -0.4 is 0 Å². The molecule has 2 saturated heterocycles. The number of carboxylic acid groups (broad SMARTS) is 1. The highest BCUT2D eigenvalue weighted by atomic mass is 16.5. The quantitative estimate of drug-likeness (QED) is 0.866. The third-order valence-electron chi connectivity index (χ3n) is 3.75. The maximum Gasteiger partial charge on any atom is 0.352 e. The van der Waals surface area contributed by atoms with Gasteiger partial charge in [0.1, 0.15) is 12.2 Å². The number of carboxylic acids is 1. The molecule has 2 aliphatic heterocycles. The van der Waals surface area contributed by atoms with Crippen molar-refractivity contribution in [3.8, 4) is 0 Å². The van der Waals surface area contributed by atoms with Gasteiger partial charge in [0.05, 0.1) is 12.2 Å². The highest BCUT2D eigenvalue weighted by Gasteiger charge is 2.35. The summed E-state index contributed by atoms with van der Waals surface area (Å²) in [6, 6.07) is 3.14. The highest BCUT2D eigenvalue weighted by molar-refractivity contribution is 5.87. The molecule has 0 radical (unpaired) electrons. The minimum absolute atomic E-state index is 0.0427. The Morgan fingerprint density at radius 2 is 2.00 bits per heavy atom. The Kier molecular flexibility index (Phi) is 3.02. The molecule has 19 heavy (non-hydrogen) atoms. The van der Waals surface area contributed by atoms with E-state index >= 15 is 0 Å². The third kappa shape index (κ3) is 2.35. The number of fused-ring (bicyclic) bond motifs is 2. The minimum atomic E-state index is -1.01. The van der Waals surface area contributed by atoms with Crippen LogP contribution in [0.15, 0.2) is 18.3 Å². The van der Waals surface area contributed by atoms with Gasteiger partial charge in [-0.1, -0.05) is 0 Å². The van der Waals surface area contributed by atoms with Gasteiger partial charge in [0.2, 0.25) is 5.91 Å². The second-order valence-corrected chi connectivity index (χ2v) is 5.08. The molecule has 2 fully saturated rings. The van der Waals surface area contributed by atoms with Crippen LogP contribution >= 0.6 is 0 Å². The van der Waals surface area contributed by atoms with Crippen molar-refractivity contribution in [3.05, 3.63) is 24.0 Å². The average Bonchev–Trinajstić information content (AvgIpc) is 2.96. The number of ether oxygens (including phenoxy) is 1. The molecule has 2 bridgehead atoms. The van der Waals surface area contributed by atoms with E-state index < -0.39 is 5.97 Å². The van der Waals surface area contributed by atoms with Gasteiger partial charge >= 0.3 is 5.97 Å². The van der Waals surface area contributed by atoms with E-state index in [0.717, 1.165) is 12.8 Å². The van der Waals surface area contributed by atoms with Gasteiger partial charge in [0.25, 0.3) is 0 Å². The van der Waals surface area contributed by atoms with Crippen LogP contribution in [0.1, 0.15) is 23.3 Å². The zero-order valence-electron chi connectivity index (χ0n) is 10.5. The van der Waals surface area contributed by atoms with E-state index in [1.54, 1.807) is 17.2 Å². The van der Waals surface area contributed by atoms with Crippen LogP contribution in [0.5, 0.6) is 0 Å². The van der Waals surface area contributed by atoms with Crippen molar-refractivity contribution in [2.24, 2.45) is 0 Å². The van der Waals surface area contributed by atoms with E-state index in [1.807, 2.05) is 0 Å². The normalized spacial score (nSPS) is 25.6. The molecule has 0 saturated carbocycles. The summed E-state index contributed by atoms with van der Waals surface area (Å²) in [4.78, 5) is 25.0. The summed E-state index contributed by atoms with van der Waals surface area (Å²) in [6.45, 7) is 1.33. The predicted octanol–water partition coefficient (Wildman–Crippen LogP) is 0.576. The molecule has 3 rings (SSSR count). The van der Waals surface area contributed by atoms with E-state index in [4.69, 9.17) is 9.84 Å². The largest absolute Gasteiger partial charge is 0.477 e. The summed E-state index contributed by atoms with van der Waals surface area (Å²) in [5.41, 5.74) is 0.143. The molecule has 6 nitrogen and oxygen atoms in total. The number of carbonyl (C=O) groups excluding carboxylic acids is 1. The monoisotopic (exact) mass is 264 g/mol. The number of rotatable bonds is 3. The number of amides is 1.